The largest absolute Gasteiger partial charge is 1.00 e. The Bertz CT molecular complexity index is 194. The molecule has 0 rings (SSSR count). The Kier molecular flexibility index (Phi) is 34.9. The Hall–Kier alpha value is 1.70. The van der Waals surface area contributed by atoms with Crippen molar-refractivity contribution < 1.29 is 62.0 Å². The zero-order chi connectivity index (χ0) is 14.0. The van der Waals surface area contributed by atoms with Crippen molar-refractivity contribution in [2.24, 2.45) is 5.73 Å². The minimum absolute atomic E-state index is 0. The number of hydrogen-bond acceptors (Lipinski definition) is 1. The van der Waals surface area contributed by atoms with Crippen molar-refractivity contribution in [1.82, 2.24) is 0 Å². The van der Waals surface area contributed by atoms with E-state index in [9.17, 15) is 0 Å². The molecule has 0 fully saturated rings. The number of hydrogen-bond donors (Lipinski definition) is 1. The summed E-state index contributed by atoms with van der Waals surface area (Å²) in [4.78, 5) is 0. The van der Waals surface area contributed by atoms with Crippen LogP contribution in [-0.2, 0) is 0 Å². The van der Waals surface area contributed by atoms with E-state index in [0.717, 1.165) is 6.54 Å². The maximum absolute atomic E-state index is 5.47. The first kappa shape index (κ1) is 27.5. The van der Waals surface area contributed by atoms with Crippen LogP contribution in [0.2, 0.25) is 0 Å². The molecule has 0 unspecified atom stereocenters. The topological polar surface area (TPSA) is 26.0 Å². The van der Waals surface area contributed by atoms with E-state index in [0.29, 0.717) is 0 Å². The summed E-state index contributed by atoms with van der Waals surface area (Å²) in [6.45, 7) is 3.14. The van der Waals surface area contributed by atoms with Gasteiger partial charge in [-0.15, -0.1) is 0 Å². The van der Waals surface area contributed by atoms with E-state index in [4.69, 9.17) is 5.73 Å². The average molecular weight is 315 g/mol. The third kappa shape index (κ3) is 26.9. The Morgan fingerprint density at radius 2 is 1.00 bits per heavy atom. The molecule has 3 heteroatoms. The minimum atomic E-state index is 0. The molecule has 21 heavy (non-hydrogen) atoms. The van der Waals surface area contributed by atoms with Gasteiger partial charge in [0.15, 0.2) is 0 Å². The molecule has 0 aliphatic rings. The van der Waals surface area contributed by atoms with E-state index >= 15 is 0 Å². The van der Waals surface area contributed by atoms with Gasteiger partial charge in [-0.05, 0) is 38.6 Å². The van der Waals surface area contributed by atoms with Crippen LogP contribution in [0.25, 0.3) is 0 Å². The van der Waals surface area contributed by atoms with E-state index in [1.165, 1.54) is 89.9 Å². The van der Waals surface area contributed by atoms with E-state index < -0.39 is 0 Å². The third-order valence-corrected chi connectivity index (χ3v) is 3.72. The van der Waals surface area contributed by atoms with Gasteiger partial charge in [0.05, 0.1) is 0 Å². The van der Waals surface area contributed by atoms with E-state index in [2.05, 4.69) is 19.1 Å². The van der Waals surface area contributed by atoms with Crippen molar-refractivity contribution in [2.75, 3.05) is 6.54 Å². The fourth-order valence-corrected chi connectivity index (χ4v) is 2.39. The Labute approximate surface area is 181 Å². The average Bonchev–Trinajstić information content (AvgIpc) is 2.43. The van der Waals surface area contributed by atoms with Crippen molar-refractivity contribution >= 4 is 0 Å². The summed E-state index contributed by atoms with van der Waals surface area (Å²) >= 11 is 0. The Balaban J connectivity index is -0.000000270. The summed E-state index contributed by atoms with van der Waals surface area (Å²) in [5.41, 5.74) is 5.47. The second kappa shape index (κ2) is 26.6. The molecule has 0 aromatic carbocycles. The summed E-state index contributed by atoms with van der Waals surface area (Å²) in [6, 6.07) is 0. The fourth-order valence-electron chi connectivity index (χ4n) is 2.39. The van der Waals surface area contributed by atoms with Crippen molar-refractivity contribution in [1.29, 1.82) is 0 Å². The molecule has 0 saturated heterocycles. The summed E-state index contributed by atoms with van der Waals surface area (Å²) in [5.74, 6) is 0. The molecule has 0 atom stereocenters. The third-order valence-electron chi connectivity index (χ3n) is 3.72. The molecule has 0 heterocycles. The zero-order valence-electron chi connectivity index (χ0n) is 17.3. The number of rotatable bonds is 15. The molecule has 1 nitrogen and oxygen atoms in total. The van der Waals surface area contributed by atoms with Gasteiger partial charge < -0.3 is 8.59 Å². The molecule has 0 aromatic heterocycles. The van der Waals surface area contributed by atoms with Gasteiger partial charge in [0.2, 0.25) is 0 Å². The number of allylic oxidation sites excluding steroid dienone is 2. The monoisotopic (exact) mass is 315 g/mol. The van der Waals surface area contributed by atoms with Crippen molar-refractivity contribution in [2.45, 2.75) is 96.8 Å². The van der Waals surface area contributed by atoms with Crippen molar-refractivity contribution in [3.63, 3.8) is 0 Å². The summed E-state index contributed by atoms with van der Waals surface area (Å²) in [5, 5.41) is 0. The molecule has 0 bridgehead atoms. The van der Waals surface area contributed by atoms with Crippen LogP contribution in [-0.4, -0.2) is 6.54 Å². The standard InChI is InChI=1S/C18H37N.2Na.2H/c1-2-3-4-5-6-7-8-9-10-11-12-13-14-15-16-17-18-19;;;;/h9-10H,2-8,11-19H2,1H3;;;;/q;2*+1;2*-1/b10-9-;;;;. The smallest absolute Gasteiger partial charge is 1.00 e. The maximum atomic E-state index is 5.47. The number of unbranched alkanes of at least 4 members (excludes halogenated alkanes) is 12. The Morgan fingerprint density at radius 3 is 1.43 bits per heavy atom. The van der Waals surface area contributed by atoms with Gasteiger partial charge in [0.1, 0.15) is 0 Å². The SMILES string of the molecule is CCCCCCCC/C=C\CCCCCCCCN.[H-].[H-].[Na+].[Na+]. The van der Waals surface area contributed by atoms with E-state index in [-0.39, 0.29) is 62.0 Å². The summed E-state index contributed by atoms with van der Waals surface area (Å²) < 4.78 is 0. The van der Waals surface area contributed by atoms with Crippen molar-refractivity contribution in [3.8, 4) is 0 Å². The van der Waals surface area contributed by atoms with Crippen molar-refractivity contribution in [3.05, 3.63) is 12.2 Å². The molecule has 0 aliphatic carbocycles. The molecule has 0 aromatic rings. The molecule has 0 saturated carbocycles. The molecule has 118 valence electrons. The quantitative estimate of drug-likeness (QED) is 0.261. The van der Waals surface area contributed by atoms with Crippen LogP contribution in [0.4, 0.5) is 0 Å². The van der Waals surface area contributed by atoms with Gasteiger partial charge in [0.25, 0.3) is 0 Å². The Morgan fingerprint density at radius 1 is 0.619 bits per heavy atom. The van der Waals surface area contributed by atoms with Gasteiger partial charge >= 0.3 is 59.1 Å². The fraction of sp³-hybridized carbons (Fsp3) is 0.889. The molecule has 0 radical (unpaired) electrons. The van der Waals surface area contributed by atoms with Crippen LogP contribution < -0.4 is 64.8 Å². The summed E-state index contributed by atoms with van der Waals surface area (Å²) in [7, 11) is 0. The van der Waals surface area contributed by atoms with Gasteiger partial charge in [-0.2, -0.15) is 0 Å². The van der Waals surface area contributed by atoms with Gasteiger partial charge in [-0.3, -0.25) is 0 Å². The first-order valence-corrected chi connectivity index (χ1v) is 8.77. The molecule has 0 spiro atoms. The van der Waals surface area contributed by atoms with Gasteiger partial charge in [-0.25, -0.2) is 0 Å². The normalized spacial score (nSPS) is 10.4. The van der Waals surface area contributed by atoms with Gasteiger partial charge in [-0.1, -0.05) is 76.9 Å². The zero-order valence-corrected chi connectivity index (χ0v) is 19.3. The van der Waals surface area contributed by atoms with Crippen LogP contribution in [0.5, 0.6) is 0 Å². The first-order valence-electron chi connectivity index (χ1n) is 8.77. The van der Waals surface area contributed by atoms with Crippen LogP contribution in [0.15, 0.2) is 12.2 Å². The van der Waals surface area contributed by atoms with Crippen LogP contribution >= 0.6 is 0 Å². The molecule has 0 amide bonds. The predicted octanol–water partition coefficient (Wildman–Crippen LogP) is 0.216. The second-order valence-electron chi connectivity index (χ2n) is 5.73. The second-order valence-corrected chi connectivity index (χ2v) is 5.73. The van der Waals surface area contributed by atoms with E-state index in [1.807, 2.05) is 0 Å². The van der Waals surface area contributed by atoms with Crippen LogP contribution in [0, 0.1) is 0 Å². The predicted molar refractivity (Wildman–Crippen MR) is 90.7 cm³/mol. The molecule has 2 N–H and O–H groups in total. The van der Waals surface area contributed by atoms with Gasteiger partial charge in [0, 0.05) is 0 Å². The molecular formula is C18H39NNa2. The maximum Gasteiger partial charge on any atom is 1.00 e. The molecule has 0 aliphatic heterocycles. The minimum Gasteiger partial charge on any atom is -1.00 e. The van der Waals surface area contributed by atoms with Crippen LogP contribution in [0.3, 0.4) is 0 Å². The number of nitrogens with two attached hydrogens (primary N) is 1. The first-order chi connectivity index (χ1) is 9.41. The molecular weight excluding hydrogens is 276 g/mol. The summed E-state index contributed by atoms with van der Waals surface area (Å²) in [6.07, 6.45) is 23.9. The van der Waals surface area contributed by atoms with Crippen LogP contribution in [0.1, 0.15) is 99.7 Å². The van der Waals surface area contributed by atoms with E-state index in [1.54, 1.807) is 0 Å².